The number of aryl methyl sites for hydroxylation is 2. The lowest BCUT2D eigenvalue weighted by Crippen LogP contribution is -2.04. The molecule has 0 saturated carbocycles. The molecule has 0 spiro atoms. The summed E-state index contributed by atoms with van der Waals surface area (Å²) >= 11 is 3.42. The zero-order valence-electron chi connectivity index (χ0n) is 9.44. The van der Waals surface area contributed by atoms with E-state index in [9.17, 15) is 4.39 Å². The highest BCUT2D eigenvalue weighted by Gasteiger charge is 2.12. The molecule has 0 radical (unpaired) electrons. The first-order chi connectivity index (χ1) is 8.09. The molecular formula is C11H11BrFN3O. The number of ether oxygens (including phenoxy) is 1. The first-order valence-electron chi connectivity index (χ1n) is 5.01. The third kappa shape index (κ3) is 2.46. The maximum absolute atomic E-state index is 13.2. The Bertz CT molecular complexity index is 542. The monoisotopic (exact) mass is 299 g/mol. The molecule has 17 heavy (non-hydrogen) atoms. The van der Waals surface area contributed by atoms with Crippen molar-refractivity contribution in [3.63, 3.8) is 0 Å². The highest BCUT2D eigenvalue weighted by atomic mass is 79.9. The lowest BCUT2D eigenvalue weighted by molar-refractivity contribution is 0.275. The van der Waals surface area contributed by atoms with Gasteiger partial charge in [0.25, 0.3) is 5.95 Å². The molecule has 0 aromatic carbocycles. The van der Waals surface area contributed by atoms with Crippen LogP contribution in [-0.4, -0.2) is 14.8 Å². The first kappa shape index (κ1) is 12.0. The van der Waals surface area contributed by atoms with Crippen LogP contribution in [0, 0.1) is 12.9 Å². The molecule has 0 N–H and O–H groups in total. The lowest BCUT2D eigenvalue weighted by Gasteiger charge is -2.07. The van der Waals surface area contributed by atoms with Crippen LogP contribution in [0.4, 0.5) is 4.39 Å². The zero-order chi connectivity index (χ0) is 12.4. The number of rotatable bonds is 3. The van der Waals surface area contributed by atoms with Gasteiger partial charge < -0.3 is 4.74 Å². The number of hydrogen-bond donors (Lipinski definition) is 0. The number of hydrogen-bond acceptors (Lipinski definition) is 3. The molecule has 0 amide bonds. The lowest BCUT2D eigenvalue weighted by atomic mass is 10.4. The molecule has 0 aliphatic rings. The van der Waals surface area contributed by atoms with E-state index in [-0.39, 0.29) is 12.4 Å². The van der Waals surface area contributed by atoms with Gasteiger partial charge in [-0.2, -0.15) is 9.49 Å². The summed E-state index contributed by atoms with van der Waals surface area (Å²) < 4.78 is 21.2. The largest absolute Gasteiger partial charge is 0.482 e. The number of aromatic nitrogens is 3. The Morgan fingerprint density at radius 1 is 1.53 bits per heavy atom. The summed E-state index contributed by atoms with van der Waals surface area (Å²) in [6.07, 6.45) is 1.38. The summed E-state index contributed by atoms with van der Waals surface area (Å²) in [4.78, 5) is 3.52. The molecule has 0 saturated heterocycles. The summed E-state index contributed by atoms with van der Waals surface area (Å²) in [5.74, 6) is -0.472. The van der Waals surface area contributed by atoms with Crippen molar-refractivity contribution >= 4 is 15.9 Å². The Morgan fingerprint density at radius 2 is 2.29 bits per heavy atom. The number of pyridine rings is 1. The van der Waals surface area contributed by atoms with Crippen molar-refractivity contribution in [1.82, 2.24) is 14.8 Å². The van der Waals surface area contributed by atoms with Gasteiger partial charge in [-0.25, -0.2) is 4.98 Å². The summed E-state index contributed by atoms with van der Waals surface area (Å²) in [6, 6.07) is 3.17. The van der Waals surface area contributed by atoms with Crippen molar-refractivity contribution < 1.29 is 9.13 Å². The van der Waals surface area contributed by atoms with E-state index in [4.69, 9.17) is 4.74 Å². The van der Waals surface area contributed by atoms with Crippen molar-refractivity contribution in [2.75, 3.05) is 0 Å². The van der Waals surface area contributed by atoms with Gasteiger partial charge in [0.1, 0.15) is 6.61 Å². The number of halogens is 2. The van der Waals surface area contributed by atoms with Gasteiger partial charge in [0.05, 0.1) is 15.9 Å². The Morgan fingerprint density at radius 3 is 2.88 bits per heavy atom. The van der Waals surface area contributed by atoms with Crippen LogP contribution < -0.4 is 4.74 Å². The minimum absolute atomic E-state index is 0.137. The molecule has 0 aliphatic carbocycles. The van der Waals surface area contributed by atoms with Gasteiger partial charge in [0.15, 0.2) is 5.75 Å². The average Bonchev–Trinajstić information content (AvgIpc) is 2.53. The molecule has 2 aromatic heterocycles. The van der Waals surface area contributed by atoms with E-state index < -0.39 is 5.95 Å². The van der Waals surface area contributed by atoms with Crippen molar-refractivity contribution in [3.8, 4) is 5.75 Å². The fourth-order valence-electron chi connectivity index (χ4n) is 1.46. The van der Waals surface area contributed by atoms with Crippen LogP contribution in [0.2, 0.25) is 0 Å². The minimum atomic E-state index is -0.609. The fourth-order valence-corrected chi connectivity index (χ4v) is 1.91. The molecule has 0 atom stereocenters. The molecule has 0 aliphatic heterocycles. The molecular weight excluding hydrogens is 289 g/mol. The van der Waals surface area contributed by atoms with Crippen LogP contribution in [0.3, 0.4) is 0 Å². The second-order valence-electron chi connectivity index (χ2n) is 3.55. The van der Waals surface area contributed by atoms with Crippen LogP contribution in [0.15, 0.2) is 22.8 Å². The maximum Gasteiger partial charge on any atom is 0.255 e. The molecule has 6 heteroatoms. The maximum atomic E-state index is 13.2. The second kappa shape index (κ2) is 4.83. The van der Waals surface area contributed by atoms with Crippen molar-refractivity contribution in [2.45, 2.75) is 13.5 Å². The van der Waals surface area contributed by atoms with Crippen molar-refractivity contribution in [2.24, 2.45) is 7.05 Å². The molecule has 0 bridgehead atoms. The topological polar surface area (TPSA) is 39.9 Å². The van der Waals surface area contributed by atoms with Crippen molar-refractivity contribution in [3.05, 3.63) is 40.1 Å². The van der Waals surface area contributed by atoms with Gasteiger partial charge in [-0.05, 0) is 35.0 Å². The van der Waals surface area contributed by atoms with E-state index in [1.807, 2.05) is 14.0 Å². The van der Waals surface area contributed by atoms with Crippen LogP contribution in [0.5, 0.6) is 5.75 Å². The number of nitrogens with zero attached hydrogens (tertiary/aromatic N) is 3. The van der Waals surface area contributed by atoms with Gasteiger partial charge in [-0.1, -0.05) is 0 Å². The van der Waals surface area contributed by atoms with E-state index in [2.05, 4.69) is 26.0 Å². The van der Waals surface area contributed by atoms with Gasteiger partial charge in [-0.3, -0.25) is 4.68 Å². The quantitative estimate of drug-likeness (QED) is 0.818. The molecule has 2 heterocycles. The molecule has 0 unspecified atom stereocenters. The van der Waals surface area contributed by atoms with Gasteiger partial charge in [0, 0.05) is 13.2 Å². The van der Waals surface area contributed by atoms with E-state index in [1.54, 1.807) is 16.8 Å². The van der Waals surface area contributed by atoms with E-state index >= 15 is 0 Å². The highest BCUT2D eigenvalue weighted by molar-refractivity contribution is 9.10. The fraction of sp³-hybridized carbons (Fsp3) is 0.273. The van der Waals surface area contributed by atoms with E-state index in [0.29, 0.717) is 0 Å². The smallest absolute Gasteiger partial charge is 0.255 e. The average molecular weight is 300 g/mol. The van der Waals surface area contributed by atoms with Crippen molar-refractivity contribution in [1.29, 1.82) is 0 Å². The third-order valence-corrected chi connectivity index (χ3v) is 3.38. The molecule has 2 aromatic rings. The van der Waals surface area contributed by atoms with E-state index in [0.717, 1.165) is 15.9 Å². The standard InChI is InChI=1S/C11H11BrFN3O/c1-7-10(12)8(16(2)15-7)6-17-9-4-3-5-14-11(9)13/h3-5H,6H2,1-2H3. The summed E-state index contributed by atoms with van der Waals surface area (Å²) in [5.41, 5.74) is 1.73. The Kier molecular flexibility index (Phi) is 3.42. The minimum Gasteiger partial charge on any atom is -0.482 e. The molecule has 2 rings (SSSR count). The molecule has 0 fully saturated rings. The second-order valence-corrected chi connectivity index (χ2v) is 4.34. The van der Waals surface area contributed by atoms with E-state index in [1.165, 1.54) is 6.20 Å². The predicted molar refractivity (Wildman–Crippen MR) is 64.2 cm³/mol. The molecule has 90 valence electrons. The van der Waals surface area contributed by atoms with Crippen LogP contribution >= 0.6 is 15.9 Å². The van der Waals surface area contributed by atoms with Crippen LogP contribution in [0.25, 0.3) is 0 Å². The highest BCUT2D eigenvalue weighted by Crippen LogP contribution is 2.22. The zero-order valence-corrected chi connectivity index (χ0v) is 11.0. The predicted octanol–water partition coefficient (Wildman–Crippen LogP) is 2.60. The molecule has 4 nitrogen and oxygen atoms in total. The summed E-state index contributed by atoms with van der Waals surface area (Å²) in [7, 11) is 1.82. The van der Waals surface area contributed by atoms with Crippen LogP contribution in [0.1, 0.15) is 11.4 Å². The van der Waals surface area contributed by atoms with Gasteiger partial charge in [-0.15, -0.1) is 0 Å². The Hall–Kier alpha value is -1.43. The van der Waals surface area contributed by atoms with Crippen LogP contribution in [-0.2, 0) is 13.7 Å². The normalized spacial score (nSPS) is 10.6. The Balaban J connectivity index is 2.15. The van der Waals surface area contributed by atoms with Gasteiger partial charge in [0.2, 0.25) is 0 Å². The Labute approximate surface area is 107 Å². The first-order valence-corrected chi connectivity index (χ1v) is 5.80. The SMILES string of the molecule is Cc1nn(C)c(COc2cccnc2F)c1Br. The summed E-state index contributed by atoms with van der Waals surface area (Å²) in [6.45, 7) is 2.12. The van der Waals surface area contributed by atoms with Gasteiger partial charge >= 0.3 is 0 Å². The summed E-state index contributed by atoms with van der Waals surface area (Å²) in [5, 5.41) is 4.23. The third-order valence-electron chi connectivity index (χ3n) is 2.35.